The van der Waals surface area contributed by atoms with E-state index in [1.807, 2.05) is 6.92 Å². The molecule has 0 heterocycles. The maximum absolute atomic E-state index is 10.7. The molecule has 82 valence electrons. The summed E-state index contributed by atoms with van der Waals surface area (Å²) >= 11 is 0. The standard InChI is InChI=1S/C11H21NO2.Na/c1-2-10(11(13)14)12-9-7-5-3-4-6-8-9;/h9-10,12H,2-8H2,1H3,(H,13,14);/q;+1/p-1. The molecule has 1 N–H and O–H groups in total. The Morgan fingerprint density at radius 2 is 1.87 bits per heavy atom. The normalized spacial score (nSPS) is 20.1. The van der Waals surface area contributed by atoms with Crippen molar-refractivity contribution in [2.75, 3.05) is 0 Å². The number of rotatable bonds is 4. The number of carbonyl (C=O) groups excluding carboxylic acids is 1. The number of carboxylic acid groups (broad SMARTS) is 1. The van der Waals surface area contributed by atoms with Crippen LogP contribution in [0.25, 0.3) is 0 Å². The van der Waals surface area contributed by atoms with Gasteiger partial charge in [0.15, 0.2) is 0 Å². The van der Waals surface area contributed by atoms with Crippen molar-refractivity contribution in [2.45, 2.75) is 64.0 Å². The molecular formula is C11H20NNaO2. The summed E-state index contributed by atoms with van der Waals surface area (Å²) in [5, 5.41) is 13.9. The molecule has 1 fully saturated rings. The number of hydrogen-bond donors (Lipinski definition) is 1. The Balaban J connectivity index is 0.00000196. The van der Waals surface area contributed by atoms with Crippen LogP contribution in [0.1, 0.15) is 51.9 Å². The van der Waals surface area contributed by atoms with E-state index >= 15 is 0 Å². The summed E-state index contributed by atoms with van der Waals surface area (Å²) in [5.74, 6) is -0.961. The van der Waals surface area contributed by atoms with E-state index < -0.39 is 12.0 Å². The van der Waals surface area contributed by atoms with Crippen LogP contribution in [0.5, 0.6) is 0 Å². The maximum atomic E-state index is 10.7. The van der Waals surface area contributed by atoms with Crippen molar-refractivity contribution in [2.24, 2.45) is 0 Å². The van der Waals surface area contributed by atoms with Crippen molar-refractivity contribution < 1.29 is 39.5 Å². The molecule has 1 saturated carbocycles. The molecule has 1 aliphatic carbocycles. The molecule has 3 nitrogen and oxygen atoms in total. The van der Waals surface area contributed by atoms with E-state index in [0.717, 1.165) is 12.8 Å². The summed E-state index contributed by atoms with van der Waals surface area (Å²) in [7, 11) is 0. The van der Waals surface area contributed by atoms with Gasteiger partial charge in [0.1, 0.15) is 0 Å². The molecule has 0 aliphatic heterocycles. The zero-order valence-electron chi connectivity index (χ0n) is 9.92. The molecule has 0 amide bonds. The van der Waals surface area contributed by atoms with Gasteiger partial charge in [-0.05, 0) is 19.3 Å². The van der Waals surface area contributed by atoms with Gasteiger partial charge in [-0.15, -0.1) is 0 Å². The second-order valence-corrected chi connectivity index (χ2v) is 4.14. The zero-order valence-corrected chi connectivity index (χ0v) is 11.9. The van der Waals surface area contributed by atoms with Gasteiger partial charge in [-0.1, -0.05) is 32.6 Å². The van der Waals surface area contributed by atoms with Crippen LogP contribution in [-0.4, -0.2) is 18.1 Å². The topological polar surface area (TPSA) is 52.2 Å². The van der Waals surface area contributed by atoms with E-state index in [9.17, 15) is 9.90 Å². The fourth-order valence-electron chi connectivity index (χ4n) is 2.08. The van der Waals surface area contributed by atoms with Crippen molar-refractivity contribution in [3.8, 4) is 0 Å². The molecule has 0 radical (unpaired) electrons. The van der Waals surface area contributed by atoms with E-state index in [4.69, 9.17) is 0 Å². The summed E-state index contributed by atoms with van der Waals surface area (Å²) in [6, 6.07) is -0.0709. The van der Waals surface area contributed by atoms with Crippen LogP contribution in [0.4, 0.5) is 0 Å². The fraction of sp³-hybridized carbons (Fsp3) is 0.909. The van der Waals surface area contributed by atoms with Crippen LogP contribution in [-0.2, 0) is 4.79 Å². The molecule has 0 saturated heterocycles. The predicted molar refractivity (Wildman–Crippen MR) is 53.7 cm³/mol. The van der Waals surface area contributed by atoms with E-state index in [0.29, 0.717) is 12.5 Å². The van der Waals surface area contributed by atoms with Gasteiger partial charge in [-0.2, -0.15) is 0 Å². The minimum Gasteiger partial charge on any atom is -0.548 e. The molecule has 4 heteroatoms. The molecule has 1 aliphatic rings. The second-order valence-electron chi connectivity index (χ2n) is 4.14. The number of nitrogens with one attached hydrogen (secondary N) is 1. The van der Waals surface area contributed by atoms with Crippen molar-refractivity contribution >= 4 is 5.97 Å². The third-order valence-electron chi connectivity index (χ3n) is 2.98. The third-order valence-corrected chi connectivity index (χ3v) is 2.98. The molecule has 1 unspecified atom stereocenters. The molecule has 1 rings (SSSR count). The first-order chi connectivity index (χ1) is 6.74. The van der Waals surface area contributed by atoms with Crippen LogP contribution in [0, 0.1) is 0 Å². The first kappa shape index (κ1) is 15.4. The van der Waals surface area contributed by atoms with E-state index in [2.05, 4.69) is 5.32 Å². The average molecular weight is 221 g/mol. The maximum Gasteiger partial charge on any atom is 1.00 e. The number of carbonyl (C=O) groups is 1. The SMILES string of the molecule is CCC(NC1CCCCCC1)C(=O)[O-].[Na+]. The van der Waals surface area contributed by atoms with Gasteiger partial charge in [0.25, 0.3) is 0 Å². The molecule has 1 atom stereocenters. The first-order valence-electron chi connectivity index (χ1n) is 5.71. The van der Waals surface area contributed by atoms with Gasteiger partial charge >= 0.3 is 29.6 Å². The largest absolute Gasteiger partial charge is 1.00 e. The van der Waals surface area contributed by atoms with Crippen LogP contribution >= 0.6 is 0 Å². The Morgan fingerprint density at radius 1 is 1.33 bits per heavy atom. The Morgan fingerprint density at radius 3 is 2.27 bits per heavy atom. The number of carboxylic acids is 1. The Hall–Kier alpha value is 0.430. The van der Waals surface area contributed by atoms with E-state index in [1.165, 1.54) is 25.7 Å². The summed E-state index contributed by atoms with van der Waals surface area (Å²) in [6.07, 6.45) is 7.87. The third kappa shape index (κ3) is 5.91. The fourth-order valence-corrected chi connectivity index (χ4v) is 2.08. The van der Waals surface area contributed by atoms with Crippen molar-refractivity contribution in [3.63, 3.8) is 0 Å². The molecule has 0 aromatic rings. The van der Waals surface area contributed by atoms with Crippen molar-refractivity contribution in [1.82, 2.24) is 5.32 Å². The summed E-state index contributed by atoms with van der Waals surface area (Å²) in [6.45, 7) is 1.88. The van der Waals surface area contributed by atoms with Gasteiger partial charge < -0.3 is 15.2 Å². The molecule has 0 bridgehead atoms. The minimum atomic E-state index is -0.961. The van der Waals surface area contributed by atoms with E-state index in [-0.39, 0.29) is 29.6 Å². The van der Waals surface area contributed by atoms with Crippen LogP contribution in [0.2, 0.25) is 0 Å². The Bertz CT molecular complexity index is 179. The summed E-state index contributed by atoms with van der Waals surface area (Å²) in [4.78, 5) is 10.7. The van der Waals surface area contributed by atoms with Gasteiger partial charge in [0, 0.05) is 12.1 Å². The molecule has 15 heavy (non-hydrogen) atoms. The smallest absolute Gasteiger partial charge is 0.548 e. The minimum absolute atomic E-state index is 0. The number of aliphatic carboxylic acids is 1. The summed E-state index contributed by atoms with van der Waals surface area (Å²) in [5.41, 5.74) is 0. The quantitative estimate of drug-likeness (QED) is 0.434. The van der Waals surface area contributed by atoms with Gasteiger partial charge in [-0.3, -0.25) is 0 Å². The first-order valence-corrected chi connectivity index (χ1v) is 5.71. The zero-order chi connectivity index (χ0) is 10.4. The second kappa shape index (κ2) is 8.57. The van der Waals surface area contributed by atoms with Gasteiger partial charge in [-0.25, -0.2) is 0 Å². The monoisotopic (exact) mass is 221 g/mol. The summed E-state index contributed by atoms with van der Waals surface area (Å²) < 4.78 is 0. The average Bonchev–Trinajstić information content (AvgIpc) is 2.41. The van der Waals surface area contributed by atoms with E-state index in [1.54, 1.807) is 0 Å². The van der Waals surface area contributed by atoms with Gasteiger partial charge in [0.05, 0.1) is 5.97 Å². The van der Waals surface area contributed by atoms with Crippen LogP contribution < -0.4 is 40.0 Å². The molecule has 0 aromatic heterocycles. The van der Waals surface area contributed by atoms with Crippen molar-refractivity contribution in [3.05, 3.63) is 0 Å². The van der Waals surface area contributed by atoms with Crippen molar-refractivity contribution in [1.29, 1.82) is 0 Å². The Labute approximate surface area is 114 Å². The number of hydrogen-bond acceptors (Lipinski definition) is 3. The molecule has 0 spiro atoms. The van der Waals surface area contributed by atoms with Gasteiger partial charge in [0.2, 0.25) is 0 Å². The molecule has 0 aromatic carbocycles. The van der Waals surface area contributed by atoms with Crippen LogP contribution in [0.15, 0.2) is 0 Å². The van der Waals surface area contributed by atoms with Crippen LogP contribution in [0.3, 0.4) is 0 Å². The predicted octanol–water partition coefficient (Wildman–Crippen LogP) is -2.17. The molecular weight excluding hydrogens is 201 g/mol. The Kier molecular flexibility index (Phi) is 8.81.